The maximum Gasteiger partial charge on any atom is 0.123 e. The normalized spacial score (nSPS) is 12.4. The summed E-state index contributed by atoms with van der Waals surface area (Å²) in [7, 11) is 0. The van der Waals surface area contributed by atoms with Crippen LogP contribution in [0.25, 0.3) is 0 Å². The Labute approximate surface area is 95.8 Å². The Morgan fingerprint density at radius 1 is 1.47 bits per heavy atom. The summed E-state index contributed by atoms with van der Waals surface area (Å²) >= 11 is 1.79. The summed E-state index contributed by atoms with van der Waals surface area (Å²) in [5, 5.41) is 7.47. The molecule has 3 heteroatoms. The molecule has 0 aromatic heterocycles. The molecule has 0 fully saturated rings. The van der Waals surface area contributed by atoms with Crippen LogP contribution < -0.4 is 5.73 Å². The van der Waals surface area contributed by atoms with E-state index >= 15 is 0 Å². The van der Waals surface area contributed by atoms with Crippen LogP contribution in [0.2, 0.25) is 0 Å². The van der Waals surface area contributed by atoms with Crippen molar-refractivity contribution >= 4 is 17.6 Å². The van der Waals surface area contributed by atoms with E-state index in [1.54, 1.807) is 11.8 Å². The minimum absolute atomic E-state index is 0.155. The van der Waals surface area contributed by atoms with Crippen LogP contribution in [0.1, 0.15) is 25.8 Å². The van der Waals surface area contributed by atoms with E-state index in [2.05, 4.69) is 13.8 Å². The van der Waals surface area contributed by atoms with Crippen LogP contribution >= 0.6 is 11.8 Å². The molecule has 1 unspecified atom stereocenters. The Balaban J connectivity index is 2.72. The van der Waals surface area contributed by atoms with Crippen molar-refractivity contribution in [3.63, 3.8) is 0 Å². The summed E-state index contributed by atoms with van der Waals surface area (Å²) in [6, 6.07) is 7.85. The molecule has 1 aromatic carbocycles. The van der Waals surface area contributed by atoms with Crippen molar-refractivity contribution in [2.45, 2.75) is 25.2 Å². The maximum atomic E-state index is 7.47. The van der Waals surface area contributed by atoms with Gasteiger partial charge in [-0.25, -0.2) is 0 Å². The highest BCUT2D eigenvalue weighted by Gasteiger charge is 2.06. The zero-order valence-electron chi connectivity index (χ0n) is 9.29. The summed E-state index contributed by atoms with van der Waals surface area (Å²) in [6.07, 6.45) is 1.19. The first-order chi connectivity index (χ1) is 7.15. The fourth-order valence-corrected chi connectivity index (χ4v) is 2.37. The van der Waals surface area contributed by atoms with E-state index in [0.29, 0.717) is 5.92 Å². The molecule has 0 saturated heterocycles. The second-order valence-electron chi connectivity index (χ2n) is 3.73. The quantitative estimate of drug-likeness (QED) is 0.457. The Hall–Kier alpha value is -0.960. The van der Waals surface area contributed by atoms with Gasteiger partial charge >= 0.3 is 0 Å². The van der Waals surface area contributed by atoms with Gasteiger partial charge in [-0.1, -0.05) is 38.5 Å². The second-order valence-corrected chi connectivity index (χ2v) is 4.80. The van der Waals surface area contributed by atoms with Crippen LogP contribution in [0.3, 0.4) is 0 Å². The monoisotopic (exact) mass is 222 g/mol. The van der Waals surface area contributed by atoms with Gasteiger partial charge in [-0.2, -0.15) is 0 Å². The van der Waals surface area contributed by atoms with E-state index in [9.17, 15) is 0 Å². The van der Waals surface area contributed by atoms with E-state index in [-0.39, 0.29) is 5.84 Å². The molecule has 15 heavy (non-hydrogen) atoms. The average molecular weight is 222 g/mol. The zero-order valence-corrected chi connectivity index (χ0v) is 10.1. The summed E-state index contributed by atoms with van der Waals surface area (Å²) < 4.78 is 0. The SMILES string of the molecule is CCC(C)CSc1ccccc1C(=N)N. The molecule has 0 amide bonds. The maximum absolute atomic E-state index is 7.47. The van der Waals surface area contributed by atoms with Gasteiger partial charge in [0.05, 0.1) is 0 Å². The smallest absolute Gasteiger partial charge is 0.123 e. The molecule has 0 spiro atoms. The van der Waals surface area contributed by atoms with Crippen LogP contribution in [-0.2, 0) is 0 Å². The molecule has 1 atom stereocenters. The number of thioether (sulfide) groups is 1. The van der Waals surface area contributed by atoms with E-state index in [1.807, 2.05) is 24.3 Å². The number of hydrogen-bond acceptors (Lipinski definition) is 2. The third-order valence-electron chi connectivity index (χ3n) is 2.40. The lowest BCUT2D eigenvalue weighted by atomic mass is 10.2. The zero-order chi connectivity index (χ0) is 11.3. The number of nitrogens with one attached hydrogen (secondary N) is 1. The molecular weight excluding hydrogens is 204 g/mol. The number of rotatable bonds is 5. The van der Waals surface area contributed by atoms with E-state index in [1.165, 1.54) is 6.42 Å². The molecule has 0 aliphatic carbocycles. The topological polar surface area (TPSA) is 49.9 Å². The molecule has 0 aliphatic rings. The first kappa shape index (κ1) is 12.1. The fraction of sp³-hybridized carbons (Fsp3) is 0.417. The van der Waals surface area contributed by atoms with Crippen LogP contribution in [0, 0.1) is 11.3 Å². The standard InChI is InChI=1S/C12H18N2S/c1-3-9(2)8-15-11-7-5-4-6-10(11)12(13)14/h4-7,9H,3,8H2,1-2H3,(H3,13,14). The van der Waals surface area contributed by atoms with Crippen molar-refractivity contribution in [2.24, 2.45) is 11.7 Å². The number of nitrogen functional groups attached to an aromatic ring is 1. The van der Waals surface area contributed by atoms with Crippen molar-refractivity contribution in [1.82, 2.24) is 0 Å². The van der Waals surface area contributed by atoms with E-state index < -0.39 is 0 Å². The van der Waals surface area contributed by atoms with E-state index in [0.717, 1.165) is 16.2 Å². The summed E-state index contributed by atoms with van der Waals surface area (Å²) in [5.41, 5.74) is 6.38. The molecule has 3 N–H and O–H groups in total. The van der Waals surface area contributed by atoms with Gasteiger partial charge in [0, 0.05) is 16.2 Å². The number of benzene rings is 1. The average Bonchev–Trinajstić information content (AvgIpc) is 2.26. The summed E-state index contributed by atoms with van der Waals surface area (Å²) in [5.74, 6) is 1.94. The fourth-order valence-electron chi connectivity index (χ4n) is 1.16. The minimum Gasteiger partial charge on any atom is -0.384 e. The lowest BCUT2D eigenvalue weighted by Crippen LogP contribution is -2.12. The van der Waals surface area contributed by atoms with Crippen LogP contribution in [-0.4, -0.2) is 11.6 Å². The highest BCUT2D eigenvalue weighted by atomic mass is 32.2. The molecular formula is C12H18N2S. The molecule has 1 aromatic rings. The van der Waals surface area contributed by atoms with Crippen LogP contribution in [0.5, 0.6) is 0 Å². The Morgan fingerprint density at radius 3 is 2.73 bits per heavy atom. The van der Waals surface area contributed by atoms with Crippen molar-refractivity contribution < 1.29 is 0 Å². The summed E-state index contributed by atoms with van der Waals surface area (Å²) in [6.45, 7) is 4.44. The van der Waals surface area contributed by atoms with Crippen molar-refractivity contribution in [3.8, 4) is 0 Å². The predicted octanol–water partition coefficient (Wildman–Crippen LogP) is 3.11. The number of nitrogens with two attached hydrogens (primary N) is 1. The van der Waals surface area contributed by atoms with Crippen molar-refractivity contribution in [1.29, 1.82) is 5.41 Å². The lowest BCUT2D eigenvalue weighted by Gasteiger charge is -2.10. The molecule has 0 saturated carbocycles. The first-order valence-corrected chi connectivity index (χ1v) is 6.20. The van der Waals surface area contributed by atoms with Gasteiger partial charge in [0.2, 0.25) is 0 Å². The number of hydrogen-bond donors (Lipinski definition) is 2. The molecule has 0 heterocycles. The molecule has 2 nitrogen and oxygen atoms in total. The predicted molar refractivity (Wildman–Crippen MR) is 67.6 cm³/mol. The largest absolute Gasteiger partial charge is 0.384 e. The summed E-state index contributed by atoms with van der Waals surface area (Å²) in [4.78, 5) is 1.12. The van der Waals surface area contributed by atoms with Gasteiger partial charge in [0.25, 0.3) is 0 Å². The van der Waals surface area contributed by atoms with Gasteiger partial charge in [-0.15, -0.1) is 11.8 Å². The minimum atomic E-state index is 0.155. The molecule has 0 radical (unpaired) electrons. The highest BCUT2D eigenvalue weighted by molar-refractivity contribution is 7.99. The van der Waals surface area contributed by atoms with Crippen molar-refractivity contribution in [2.75, 3.05) is 5.75 Å². The highest BCUT2D eigenvalue weighted by Crippen LogP contribution is 2.25. The lowest BCUT2D eigenvalue weighted by molar-refractivity contribution is 0.637. The molecule has 1 rings (SSSR count). The van der Waals surface area contributed by atoms with Crippen molar-refractivity contribution in [3.05, 3.63) is 29.8 Å². The third-order valence-corrected chi connectivity index (χ3v) is 3.80. The van der Waals surface area contributed by atoms with Crippen LogP contribution in [0.4, 0.5) is 0 Å². The van der Waals surface area contributed by atoms with Gasteiger partial charge in [0.15, 0.2) is 0 Å². The van der Waals surface area contributed by atoms with E-state index in [4.69, 9.17) is 11.1 Å². The Bertz CT molecular complexity index is 336. The third kappa shape index (κ3) is 3.59. The Morgan fingerprint density at radius 2 is 2.13 bits per heavy atom. The van der Waals surface area contributed by atoms with Gasteiger partial charge in [-0.05, 0) is 12.0 Å². The Kier molecular flexibility index (Phi) is 4.69. The number of amidine groups is 1. The molecule has 82 valence electrons. The second kappa shape index (κ2) is 5.81. The first-order valence-electron chi connectivity index (χ1n) is 5.21. The van der Waals surface area contributed by atoms with Gasteiger partial charge in [-0.3, -0.25) is 5.41 Å². The van der Waals surface area contributed by atoms with Crippen LogP contribution in [0.15, 0.2) is 29.2 Å². The van der Waals surface area contributed by atoms with Gasteiger partial charge < -0.3 is 5.73 Å². The molecule has 0 bridgehead atoms. The van der Waals surface area contributed by atoms with Gasteiger partial charge in [0.1, 0.15) is 5.84 Å². The molecule has 0 aliphatic heterocycles.